The van der Waals surface area contributed by atoms with E-state index >= 15 is 0 Å². The average molecular weight is 591 g/mol. The molecule has 0 aliphatic carbocycles. The number of hydrogen-bond acceptors (Lipinski definition) is 0. The summed E-state index contributed by atoms with van der Waals surface area (Å²) in [5.41, 5.74) is 0. The highest BCUT2D eigenvalue weighted by atomic mass is 14.1. The summed E-state index contributed by atoms with van der Waals surface area (Å²) in [6.07, 6.45) is 50.0. The van der Waals surface area contributed by atoms with Gasteiger partial charge in [0.1, 0.15) is 0 Å². The van der Waals surface area contributed by atoms with Gasteiger partial charge in [-0.1, -0.05) is 253 Å². The van der Waals surface area contributed by atoms with Crippen molar-refractivity contribution in [2.24, 2.45) is 17.8 Å². The van der Waals surface area contributed by atoms with E-state index in [0.717, 1.165) is 17.8 Å². The van der Waals surface area contributed by atoms with Crippen molar-refractivity contribution >= 4 is 0 Å². The van der Waals surface area contributed by atoms with Gasteiger partial charge in [-0.25, -0.2) is 0 Å². The minimum Gasteiger partial charge on any atom is -0.0654 e. The zero-order valence-corrected chi connectivity index (χ0v) is 30.8. The Balaban J connectivity index is 3.34. The third-order valence-corrected chi connectivity index (χ3v) is 10.4. The maximum Gasteiger partial charge on any atom is -0.0443 e. The van der Waals surface area contributed by atoms with Crippen LogP contribution >= 0.6 is 0 Å². The predicted molar refractivity (Wildman–Crippen MR) is 196 cm³/mol. The molecule has 0 rings (SSSR count). The Morgan fingerprint density at radius 1 is 0.214 bits per heavy atom. The first kappa shape index (κ1) is 42.0. The Labute approximate surface area is 270 Å². The maximum absolute atomic E-state index is 2.52. The average Bonchev–Trinajstić information content (AvgIpc) is 2.98. The van der Waals surface area contributed by atoms with E-state index in [2.05, 4.69) is 34.6 Å². The van der Waals surface area contributed by atoms with Crippen molar-refractivity contribution in [1.29, 1.82) is 0 Å². The smallest absolute Gasteiger partial charge is 0.0443 e. The van der Waals surface area contributed by atoms with Gasteiger partial charge in [0.25, 0.3) is 0 Å². The molecule has 254 valence electrons. The van der Waals surface area contributed by atoms with Gasteiger partial charge in [-0.15, -0.1) is 0 Å². The van der Waals surface area contributed by atoms with E-state index in [1.54, 1.807) is 0 Å². The van der Waals surface area contributed by atoms with E-state index in [1.165, 1.54) is 218 Å². The molecule has 0 radical (unpaired) electrons. The van der Waals surface area contributed by atoms with Gasteiger partial charge in [0, 0.05) is 0 Å². The molecule has 3 unspecified atom stereocenters. The highest BCUT2D eigenvalue weighted by molar-refractivity contribution is 4.60. The van der Waals surface area contributed by atoms with Crippen molar-refractivity contribution in [2.75, 3.05) is 0 Å². The van der Waals surface area contributed by atoms with E-state index in [1.807, 2.05) is 0 Å². The van der Waals surface area contributed by atoms with Crippen LogP contribution in [-0.4, -0.2) is 0 Å². The van der Waals surface area contributed by atoms with Crippen molar-refractivity contribution in [1.82, 2.24) is 0 Å². The molecule has 42 heavy (non-hydrogen) atoms. The first-order valence-corrected chi connectivity index (χ1v) is 20.6. The summed E-state index contributed by atoms with van der Waals surface area (Å²) in [6, 6.07) is 0. The summed E-state index contributed by atoms with van der Waals surface area (Å²) in [6.45, 7) is 12.2. The first-order valence-electron chi connectivity index (χ1n) is 20.6. The molecule has 0 aliphatic heterocycles. The lowest BCUT2D eigenvalue weighted by molar-refractivity contribution is 0.389. The van der Waals surface area contributed by atoms with Crippen LogP contribution in [0.25, 0.3) is 0 Å². The normalized spacial score (nSPS) is 13.9. The van der Waals surface area contributed by atoms with Crippen molar-refractivity contribution < 1.29 is 0 Å². The summed E-state index contributed by atoms with van der Waals surface area (Å²) in [7, 11) is 0. The molecule has 0 amide bonds. The standard InChI is InChI=1S/C42H86/c1-6-8-10-12-14-16-18-19-21-23-25-29-34-40(3)35-31-27-24-28-32-37-42(5)39-33-38-41(4)36-30-26-22-20-17-15-13-11-9-7-2/h40-42H,6-39H2,1-5H3. The van der Waals surface area contributed by atoms with Gasteiger partial charge < -0.3 is 0 Å². The van der Waals surface area contributed by atoms with Crippen molar-refractivity contribution in [3.05, 3.63) is 0 Å². The molecule has 0 fully saturated rings. The Morgan fingerprint density at radius 2 is 0.381 bits per heavy atom. The summed E-state index contributed by atoms with van der Waals surface area (Å²) in [5, 5.41) is 0. The van der Waals surface area contributed by atoms with Gasteiger partial charge in [-0.05, 0) is 17.8 Å². The Kier molecular flexibility index (Phi) is 35.5. The van der Waals surface area contributed by atoms with Crippen LogP contribution in [0.5, 0.6) is 0 Å². The SMILES string of the molecule is CCCCCCCCCCCCCCC(C)CCCCCCCC(C)CCCC(C)CCCCCCCCCCCC. The zero-order valence-electron chi connectivity index (χ0n) is 30.8. The quantitative estimate of drug-likeness (QED) is 0.0637. The van der Waals surface area contributed by atoms with Crippen LogP contribution in [0.2, 0.25) is 0 Å². The number of unbranched alkanes of at least 4 members (excludes halogenated alkanes) is 24. The minimum absolute atomic E-state index is 0.949. The van der Waals surface area contributed by atoms with Crippen molar-refractivity contribution in [3.63, 3.8) is 0 Å². The Hall–Kier alpha value is 0. The molecule has 0 saturated carbocycles. The molecule has 0 aromatic rings. The van der Waals surface area contributed by atoms with Crippen LogP contribution < -0.4 is 0 Å². The second kappa shape index (κ2) is 35.5. The van der Waals surface area contributed by atoms with Crippen LogP contribution in [0.15, 0.2) is 0 Å². The summed E-state index contributed by atoms with van der Waals surface area (Å²) < 4.78 is 0. The lowest BCUT2D eigenvalue weighted by Gasteiger charge is -2.14. The second-order valence-electron chi connectivity index (χ2n) is 15.2. The summed E-state index contributed by atoms with van der Waals surface area (Å²) in [4.78, 5) is 0. The first-order chi connectivity index (χ1) is 20.6. The van der Waals surface area contributed by atoms with Gasteiger partial charge in [0.15, 0.2) is 0 Å². The molecule has 0 bridgehead atoms. The van der Waals surface area contributed by atoms with E-state index in [4.69, 9.17) is 0 Å². The molecule has 0 aliphatic rings. The highest BCUT2D eigenvalue weighted by Crippen LogP contribution is 2.23. The highest BCUT2D eigenvalue weighted by Gasteiger charge is 2.07. The predicted octanol–water partition coefficient (Wildman–Crippen LogP) is 16.2. The fourth-order valence-electron chi connectivity index (χ4n) is 7.08. The van der Waals surface area contributed by atoms with E-state index in [0.29, 0.717) is 0 Å². The van der Waals surface area contributed by atoms with E-state index in [9.17, 15) is 0 Å². The number of hydrogen-bond donors (Lipinski definition) is 0. The molecular formula is C42H86. The van der Waals surface area contributed by atoms with Crippen molar-refractivity contribution in [3.8, 4) is 0 Å². The van der Waals surface area contributed by atoms with Gasteiger partial charge >= 0.3 is 0 Å². The molecule has 0 saturated heterocycles. The fraction of sp³-hybridized carbons (Fsp3) is 1.00. The second-order valence-corrected chi connectivity index (χ2v) is 15.2. The molecular weight excluding hydrogens is 504 g/mol. The van der Waals surface area contributed by atoms with Crippen LogP contribution in [0.1, 0.15) is 253 Å². The topological polar surface area (TPSA) is 0 Å². The van der Waals surface area contributed by atoms with Gasteiger partial charge in [0.2, 0.25) is 0 Å². The number of rotatable bonds is 36. The Bertz CT molecular complexity index is 467. The Morgan fingerprint density at radius 3 is 0.595 bits per heavy atom. The third-order valence-electron chi connectivity index (χ3n) is 10.4. The molecule has 0 heteroatoms. The van der Waals surface area contributed by atoms with Crippen molar-refractivity contribution in [2.45, 2.75) is 253 Å². The molecule has 0 nitrogen and oxygen atoms in total. The maximum atomic E-state index is 2.52. The van der Waals surface area contributed by atoms with Gasteiger partial charge in [-0.2, -0.15) is 0 Å². The van der Waals surface area contributed by atoms with Crippen LogP contribution in [-0.2, 0) is 0 Å². The van der Waals surface area contributed by atoms with Crippen LogP contribution in [0.4, 0.5) is 0 Å². The molecule has 0 aromatic heterocycles. The monoisotopic (exact) mass is 591 g/mol. The molecule has 3 atom stereocenters. The molecule has 0 spiro atoms. The van der Waals surface area contributed by atoms with Crippen LogP contribution in [0.3, 0.4) is 0 Å². The minimum atomic E-state index is 0.949. The summed E-state index contributed by atoms with van der Waals surface area (Å²) >= 11 is 0. The van der Waals surface area contributed by atoms with E-state index in [-0.39, 0.29) is 0 Å². The molecule has 0 N–H and O–H groups in total. The largest absolute Gasteiger partial charge is 0.0654 e. The van der Waals surface area contributed by atoms with Gasteiger partial charge in [-0.3, -0.25) is 0 Å². The summed E-state index contributed by atoms with van der Waals surface area (Å²) in [5.74, 6) is 2.86. The third kappa shape index (κ3) is 34.5. The molecule has 0 heterocycles. The van der Waals surface area contributed by atoms with Crippen LogP contribution in [0, 0.1) is 17.8 Å². The lowest BCUT2D eigenvalue weighted by atomic mass is 9.92. The lowest BCUT2D eigenvalue weighted by Crippen LogP contribution is -1.99. The fourth-order valence-corrected chi connectivity index (χ4v) is 7.08. The molecule has 0 aromatic carbocycles. The zero-order chi connectivity index (χ0) is 30.8. The van der Waals surface area contributed by atoms with Gasteiger partial charge in [0.05, 0.1) is 0 Å². The van der Waals surface area contributed by atoms with E-state index < -0.39 is 0 Å².